The summed E-state index contributed by atoms with van der Waals surface area (Å²) in [5.41, 5.74) is 0.825. The molecule has 1 aromatic carbocycles. The molecule has 1 aromatic rings. The minimum Gasteiger partial charge on any atom is -0.207 e. The third-order valence-electron chi connectivity index (χ3n) is 2.80. The minimum absolute atomic E-state index is 0.0918. The lowest BCUT2D eigenvalue weighted by molar-refractivity contribution is 0.514. The Morgan fingerprint density at radius 2 is 1.93 bits per heavy atom. The number of hydrogen-bond acceptors (Lipinski definition) is 0. The van der Waals surface area contributed by atoms with Crippen molar-refractivity contribution in [1.82, 2.24) is 0 Å². The SMILES string of the molecule is Fc1cccc(PC2CCCCC2)c1. The Morgan fingerprint density at radius 1 is 1.14 bits per heavy atom. The predicted octanol–water partition coefficient (Wildman–Crippen LogP) is 3.46. The van der Waals surface area contributed by atoms with Gasteiger partial charge in [-0.1, -0.05) is 40.0 Å². The summed E-state index contributed by atoms with van der Waals surface area (Å²) in [5, 5.41) is 1.19. The molecule has 0 aliphatic heterocycles. The summed E-state index contributed by atoms with van der Waals surface area (Å²) < 4.78 is 12.9. The first kappa shape index (κ1) is 10.1. The van der Waals surface area contributed by atoms with Gasteiger partial charge in [-0.15, -0.1) is 0 Å². The van der Waals surface area contributed by atoms with Crippen LogP contribution < -0.4 is 5.30 Å². The summed E-state index contributed by atoms with van der Waals surface area (Å²) in [5.74, 6) is -0.0918. The van der Waals surface area contributed by atoms with Gasteiger partial charge in [-0.3, -0.25) is 0 Å². The molecule has 2 rings (SSSR count). The molecule has 0 heterocycles. The van der Waals surface area contributed by atoms with Gasteiger partial charge in [-0.2, -0.15) is 0 Å². The van der Waals surface area contributed by atoms with Gasteiger partial charge < -0.3 is 0 Å². The van der Waals surface area contributed by atoms with E-state index in [2.05, 4.69) is 6.07 Å². The number of halogens is 1. The van der Waals surface area contributed by atoms with Gasteiger partial charge in [0.15, 0.2) is 0 Å². The van der Waals surface area contributed by atoms with Crippen LogP contribution in [0, 0.1) is 5.82 Å². The lowest BCUT2D eigenvalue weighted by Gasteiger charge is -2.21. The zero-order valence-corrected chi connectivity index (χ0v) is 9.30. The van der Waals surface area contributed by atoms with E-state index in [9.17, 15) is 4.39 Å². The second-order valence-corrected chi connectivity index (χ2v) is 5.67. The van der Waals surface area contributed by atoms with Gasteiger partial charge in [-0.25, -0.2) is 4.39 Å². The fourth-order valence-electron chi connectivity index (χ4n) is 2.06. The topological polar surface area (TPSA) is 0 Å². The predicted molar refractivity (Wildman–Crippen MR) is 61.2 cm³/mol. The second-order valence-electron chi connectivity index (χ2n) is 3.99. The Bertz CT molecular complexity index is 292. The molecule has 1 unspecified atom stereocenters. The van der Waals surface area contributed by atoms with Gasteiger partial charge in [0.05, 0.1) is 0 Å². The van der Waals surface area contributed by atoms with Gasteiger partial charge in [0.25, 0.3) is 0 Å². The molecule has 0 aromatic heterocycles. The molecule has 14 heavy (non-hydrogen) atoms. The van der Waals surface area contributed by atoms with Gasteiger partial charge in [0.1, 0.15) is 5.82 Å². The first-order chi connectivity index (χ1) is 6.84. The molecule has 0 bridgehead atoms. The highest BCUT2D eigenvalue weighted by Crippen LogP contribution is 2.32. The van der Waals surface area contributed by atoms with E-state index in [1.807, 2.05) is 6.07 Å². The van der Waals surface area contributed by atoms with Crippen LogP contribution in [-0.2, 0) is 0 Å². The summed E-state index contributed by atoms with van der Waals surface area (Å²) in [6.45, 7) is 0. The Balaban J connectivity index is 1.95. The normalized spacial score (nSPS) is 19.2. The van der Waals surface area contributed by atoms with Crippen molar-refractivity contribution >= 4 is 13.9 Å². The molecule has 2 heteroatoms. The van der Waals surface area contributed by atoms with Crippen LogP contribution >= 0.6 is 8.58 Å². The van der Waals surface area contributed by atoms with E-state index in [1.165, 1.54) is 43.5 Å². The quantitative estimate of drug-likeness (QED) is 0.656. The van der Waals surface area contributed by atoms with Gasteiger partial charge in [-0.05, 0) is 35.9 Å². The molecule has 0 amide bonds. The molecular formula is C12H16FP. The van der Waals surface area contributed by atoms with Crippen LogP contribution in [0.1, 0.15) is 32.1 Å². The maximum atomic E-state index is 12.9. The molecule has 0 spiro atoms. The first-order valence-electron chi connectivity index (χ1n) is 5.37. The molecule has 1 fully saturated rings. The Kier molecular flexibility index (Phi) is 3.53. The number of rotatable bonds is 2. The third-order valence-corrected chi connectivity index (χ3v) is 4.43. The van der Waals surface area contributed by atoms with Crippen LogP contribution in [0.4, 0.5) is 4.39 Å². The Hall–Kier alpha value is -0.420. The summed E-state index contributed by atoms with van der Waals surface area (Å²) >= 11 is 0. The molecule has 1 aliphatic carbocycles. The number of hydrogen-bond donors (Lipinski definition) is 0. The molecule has 1 atom stereocenters. The monoisotopic (exact) mass is 210 g/mol. The van der Waals surface area contributed by atoms with Crippen LogP contribution in [-0.4, -0.2) is 5.66 Å². The standard InChI is InChI=1S/C12H16FP/c13-10-5-4-8-12(9-10)14-11-6-2-1-3-7-11/h4-5,8-9,11,14H,1-3,6-7H2. The van der Waals surface area contributed by atoms with Crippen LogP contribution in [0.15, 0.2) is 24.3 Å². The Labute approximate surface area is 86.7 Å². The largest absolute Gasteiger partial charge is 0.207 e. The van der Waals surface area contributed by atoms with Crippen molar-refractivity contribution in [2.45, 2.75) is 37.8 Å². The summed E-state index contributed by atoms with van der Waals surface area (Å²) in [6.07, 6.45) is 6.81. The van der Waals surface area contributed by atoms with Crippen molar-refractivity contribution in [3.8, 4) is 0 Å². The fourth-order valence-corrected chi connectivity index (χ4v) is 3.64. The molecule has 1 aliphatic rings. The molecular weight excluding hydrogens is 194 g/mol. The Morgan fingerprint density at radius 3 is 2.64 bits per heavy atom. The highest BCUT2D eigenvalue weighted by Gasteiger charge is 2.13. The van der Waals surface area contributed by atoms with Crippen LogP contribution in [0.25, 0.3) is 0 Å². The number of benzene rings is 1. The highest BCUT2D eigenvalue weighted by atomic mass is 31.1. The maximum Gasteiger partial charge on any atom is 0.123 e. The van der Waals surface area contributed by atoms with Crippen molar-refractivity contribution in [2.24, 2.45) is 0 Å². The maximum absolute atomic E-state index is 12.9. The average Bonchev–Trinajstić information content (AvgIpc) is 2.19. The summed E-state index contributed by atoms with van der Waals surface area (Å²) in [7, 11) is 0.810. The van der Waals surface area contributed by atoms with Crippen molar-refractivity contribution in [3.63, 3.8) is 0 Å². The lowest BCUT2D eigenvalue weighted by Crippen LogP contribution is -2.10. The first-order valence-corrected chi connectivity index (χ1v) is 6.44. The molecule has 0 N–H and O–H groups in total. The zero-order valence-electron chi connectivity index (χ0n) is 8.30. The molecule has 1 saturated carbocycles. The van der Waals surface area contributed by atoms with Crippen molar-refractivity contribution < 1.29 is 4.39 Å². The van der Waals surface area contributed by atoms with Crippen LogP contribution in [0.3, 0.4) is 0 Å². The molecule has 76 valence electrons. The van der Waals surface area contributed by atoms with Gasteiger partial charge in [0.2, 0.25) is 0 Å². The van der Waals surface area contributed by atoms with Crippen LogP contribution in [0.5, 0.6) is 0 Å². The van der Waals surface area contributed by atoms with Crippen molar-refractivity contribution in [2.75, 3.05) is 0 Å². The van der Waals surface area contributed by atoms with Crippen LogP contribution in [0.2, 0.25) is 0 Å². The molecule has 0 saturated heterocycles. The smallest absolute Gasteiger partial charge is 0.123 e. The van der Waals surface area contributed by atoms with E-state index in [1.54, 1.807) is 6.07 Å². The van der Waals surface area contributed by atoms with E-state index in [0.717, 1.165) is 14.2 Å². The second kappa shape index (κ2) is 4.89. The molecule has 0 nitrogen and oxygen atoms in total. The van der Waals surface area contributed by atoms with E-state index < -0.39 is 0 Å². The van der Waals surface area contributed by atoms with Crippen molar-refractivity contribution in [3.05, 3.63) is 30.1 Å². The van der Waals surface area contributed by atoms with Gasteiger partial charge in [0, 0.05) is 0 Å². The minimum atomic E-state index is -0.0918. The summed E-state index contributed by atoms with van der Waals surface area (Å²) in [6, 6.07) is 7.08. The average molecular weight is 210 g/mol. The van der Waals surface area contributed by atoms with E-state index in [4.69, 9.17) is 0 Å². The van der Waals surface area contributed by atoms with E-state index in [-0.39, 0.29) is 5.82 Å². The fraction of sp³-hybridized carbons (Fsp3) is 0.500. The molecule has 0 radical (unpaired) electrons. The van der Waals surface area contributed by atoms with E-state index >= 15 is 0 Å². The summed E-state index contributed by atoms with van der Waals surface area (Å²) in [4.78, 5) is 0. The lowest BCUT2D eigenvalue weighted by atomic mass is 10.0. The third kappa shape index (κ3) is 2.78. The highest BCUT2D eigenvalue weighted by molar-refractivity contribution is 7.48. The zero-order chi connectivity index (χ0) is 9.80. The van der Waals surface area contributed by atoms with E-state index in [0.29, 0.717) is 0 Å². The van der Waals surface area contributed by atoms with Gasteiger partial charge >= 0.3 is 0 Å². The van der Waals surface area contributed by atoms with Crippen molar-refractivity contribution in [1.29, 1.82) is 0 Å².